The molecule has 1 heterocycles. The Balaban J connectivity index is 2.43. The van der Waals surface area contributed by atoms with Gasteiger partial charge in [0, 0.05) is 18.8 Å². The number of hydrogen-bond acceptors (Lipinski definition) is 4. The fraction of sp³-hybridized carbons (Fsp3) is 0.400. The second-order valence-corrected chi connectivity index (χ2v) is 3.30. The first kappa shape index (κ1) is 11.6. The molecule has 1 aromatic heterocycles. The summed E-state index contributed by atoms with van der Waals surface area (Å²) in [5.41, 5.74) is 5.77. The number of amides is 1. The van der Waals surface area contributed by atoms with Crippen molar-refractivity contribution >= 4 is 5.91 Å². The third-order valence-corrected chi connectivity index (χ3v) is 2.08. The summed E-state index contributed by atoms with van der Waals surface area (Å²) in [5.74, 6) is -0.726. The van der Waals surface area contributed by atoms with Gasteiger partial charge in [-0.25, -0.2) is 0 Å². The lowest BCUT2D eigenvalue weighted by molar-refractivity contribution is -0.125. The average molecular weight is 209 g/mol. The molecule has 1 rings (SSSR count). The molecule has 1 aromatic rings. The summed E-state index contributed by atoms with van der Waals surface area (Å²) in [5, 5.41) is 12.1. The maximum atomic E-state index is 10.6. The van der Waals surface area contributed by atoms with Crippen molar-refractivity contribution in [2.75, 3.05) is 6.54 Å². The number of carbonyl (C=O) groups excluding carboxylic acids is 1. The fourth-order valence-electron chi connectivity index (χ4n) is 1.13. The number of nitrogens with one attached hydrogen (secondary N) is 1. The SMILES string of the molecule is CC(NCC(O)C(N)=O)c1ccccn1. The molecule has 0 saturated carbocycles. The molecule has 5 heteroatoms. The molecule has 0 saturated heterocycles. The first-order valence-corrected chi connectivity index (χ1v) is 4.73. The lowest BCUT2D eigenvalue weighted by atomic mass is 10.2. The number of nitrogens with two attached hydrogens (primary N) is 1. The topological polar surface area (TPSA) is 88.2 Å². The van der Waals surface area contributed by atoms with Gasteiger partial charge in [0.1, 0.15) is 6.10 Å². The summed E-state index contributed by atoms with van der Waals surface area (Å²) in [4.78, 5) is 14.7. The number of nitrogens with zero attached hydrogens (tertiary/aromatic N) is 1. The number of primary amides is 1. The van der Waals surface area contributed by atoms with Crippen molar-refractivity contribution in [2.45, 2.75) is 19.1 Å². The predicted octanol–water partition coefficient (Wildman–Crippen LogP) is -0.422. The molecule has 82 valence electrons. The van der Waals surface area contributed by atoms with Gasteiger partial charge in [0.05, 0.1) is 5.69 Å². The molecule has 0 fully saturated rings. The van der Waals surface area contributed by atoms with E-state index in [-0.39, 0.29) is 12.6 Å². The molecule has 0 aliphatic heterocycles. The van der Waals surface area contributed by atoms with E-state index in [1.54, 1.807) is 6.20 Å². The van der Waals surface area contributed by atoms with E-state index in [1.807, 2.05) is 25.1 Å². The Morgan fingerprint density at radius 3 is 2.93 bits per heavy atom. The number of carbonyl (C=O) groups is 1. The highest BCUT2D eigenvalue weighted by atomic mass is 16.3. The van der Waals surface area contributed by atoms with Crippen LogP contribution in [0.5, 0.6) is 0 Å². The first-order chi connectivity index (χ1) is 7.11. The van der Waals surface area contributed by atoms with E-state index in [0.29, 0.717) is 0 Å². The van der Waals surface area contributed by atoms with Gasteiger partial charge >= 0.3 is 0 Å². The van der Waals surface area contributed by atoms with Crippen molar-refractivity contribution in [2.24, 2.45) is 5.73 Å². The molecule has 5 nitrogen and oxygen atoms in total. The maximum Gasteiger partial charge on any atom is 0.247 e. The Bertz CT molecular complexity index is 316. The van der Waals surface area contributed by atoms with Gasteiger partial charge in [-0.05, 0) is 19.1 Å². The van der Waals surface area contributed by atoms with Gasteiger partial charge in [0.2, 0.25) is 5.91 Å². The fourth-order valence-corrected chi connectivity index (χ4v) is 1.13. The number of aliphatic hydroxyl groups excluding tert-OH is 1. The van der Waals surface area contributed by atoms with Gasteiger partial charge in [-0.3, -0.25) is 9.78 Å². The van der Waals surface area contributed by atoms with Gasteiger partial charge in [-0.1, -0.05) is 6.07 Å². The van der Waals surface area contributed by atoms with Crippen LogP contribution in [0.15, 0.2) is 24.4 Å². The van der Waals surface area contributed by atoms with Crippen LogP contribution in [0.3, 0.4) is 0 Å². The van der Waals surface area contributed by atoms with Crippen molar-refractivity contribution in [1.82, 2.24) is 10.3 Å². The minimum atomic E-state index is -1.16. The molecule has 1 amide bonds. The maximum absolute atomic E-state index is 10.6. The summed E-state index contributed by atoms with van der Waals surface area (Å²) >= 11 is 0. The summed E-state index contributed by atoms with van der Waals surface area (Å²) in [6.45, 7) is 2.03. The van der Waals surface area contributed by atoms with E-state index in [9.17, 15) is 4.79 Å². The van der Waals surface area contributed by atoms with Crippen LogP contribution in [0.1, 0.15) is 18.7 Å². The molecular formula is C10H15N3O2. The second-order valence-electron chi connectivity index (χ2n) is 3.30. The van der Waals surface area contributed by atoms with Crippen LogP contribution in [0.25, 0.3) is 0 Å². The standard InChI is InChI=1S/C10H15N3O2/c1-7(8-4-2-3-5-12-8)13-6-9(14)10(11)15/h2-5,7,9,13-14H,6H2,1H3,(H2,11,15). The zero-order valence-electron chi connectivity index (χ0n) is 8.55. The number of rotatable bonds is 5. The minimum Gasteiger partial charge on any atom is -0.382 e. The van der Waals surface area contributed by atoms with Crippen molar-refractivity contribution in [3.63, 3.8) is 0 Å². The number of hydrogen-bond donors (Lipinski definition) is 3. The van der Waals surface area contributed by atoms with Crippen LogP contribution in [-0.2, 0) is 4.79 Å². The Hall–Kier alpha value is -1.46. The predicted molar refractivity (Wildman–Crippen MR) is 55.9 cm³/mol. The zero-order valence-corrected chi connectivity index (χ0v) is 8.55. The molecule has 15 heavy (non-hydrogen) atoms. The smallest absolute Gasteiger partial charge is 0.247 e. The highest BCUT2D eigenvalue weighted by Gasteiger charge is 2.12. The number of pyridine rings is 1. The normalized spacial score (nSPS) is 14.5. The molecule has 0 aromatic carbocycles. The van der Waals surface area contributed by atoms with Crippen LogP contribution in [0.4, 0.5) is 0 Å². The summed E-state index contributed by atoms with van der Waals surface area (Å²) in [6.07, 6.45) is 0.536. The van der Waals surface area contributed by atoms with Gasteiger partial charge in [0.15, 0.2) is 0 Å². The molecule has 2 unspecified atom stereocenters. The highest BCUT2D eigenvalue weighted by Crippen LogP contribution is 2.07. The van der Waals surface area contributed by atoms with E-state index >= 15 is 0 Å². The van der Waals surface area contributed by atoms with Crippen molar-refractivity contribution in [3.05, 3.63) is 30.1 Å². The lowest BCUT2D eigenvalue weighted by Gasteiger charge is -2.14. The summed E-state index contributed by atoms with van der Waals surface area (Å²) < 4.78 is 0. The number of aromatic nitrogens is 1. The van der Waals surface area contributed by atoms with Crippen LogP contribution in [0.2, 0.25) is 0 Å². The Kier molecular flexibility index (Phi) is 4.20. The monoisotopic (exact) mass is 209 g/mol. The first-order valence-electron chi connectivity index (χ1n) is 4.73. The lowest BCUT2D eigenvalue weighted by Crippen LogP contribution is -2.38. The van der Waals surface area contributed by atoms with Crippen LogP contribution in [0, 0.1) is 0 Å². The van der Waals surface area contributed by atoms with Crippen molar-refractivity contribution in [3.8, 4) is 0 Å². The van der Waals surface area contributed by atoms with Gasteiger partial charge in [-0.15, -0.1) is 0 Å². The summed E-state index contributed by atoms with van der Waals surface area (Å²) in [7, 11) is 0. The molecule has 2 atom stereocenters. The van der Waals surface area contributed by atoms with E-state index in [1.165, 1.54) is 0 Å². The van der Waals surface area contributed by atoms with Crippen LogP contribution >= 0.6 is 0 Å². The molecule has 0 bridgehead atoms. The third-order valence-electron chi connectivity index (χ3n) is 2.08. The van der Waals surface area contributed by atoms with Crippen molar-refractivity contribution < 1.29 is 9.90 Å². The molecule has 0 spiro atoms. The second kappa shape index (κ2) is 5.43. The highest BCUT2D eigenvalue weighted by molar-refractivity contribution is 5.78. The van der Waals surface area contributed by atoms with Crippen LogP contribution in [-0.4, -0.2) is 28.6 Å². The Morgan fingerprint density at radius 1 is 1.67 bits per heavy atom. The number of aliphatic hydroxyl groups is 1. The quantitative estimate of drug-likeness (QED) is 0.614. The van der Waals surface area contributed by atoms with Gasteiger partial charge < -0.3 is 16.2 Å². The van der Waals surface area contributed by atoms with Crippen LogP contribution < -0.4 is 11.1 Å². The minimum absolute atomic E-state index is 0.0276. The molecule has 0 aliphatic carbocycles. The molecular weight excluding hydrogens is 194 g/mol. The van der Waals surface area contributed by atoms with E-state index < -0.39 is 12.0 Å². The van der Waals surface area contributed by atoms with E-state index in [4.69, 9.17) is 10.8 Å². The largest absolute Gasteiger partial charge is 0.382 e. The van der Waals surface area contributed by atoms with E-state index in [2.05, 4.69) is 10.3 Å². The molecule has 4 N–H and O–H groups in total. The van der Waals surface area contributed by atoms with Crippen molar-refractivity contribution in [1.29, 1.82) is 0 Å². The third kappa shape index (κ3) is 3.65. The summed E-state index contributed by atoms with van der Waals surface area (Å²) in [6, 6.07) is 5.55. The Morgan fingerprint density at radius 2 is 2.40 bits per heavy atom. The zero-order chi connectivity index (χ0) is 11.3. The van der Waals surface area contributed by atoms with Gasteiger partial charge in [0.25, 0.3) is 0 Å². The Labute approximate surface area is 88.3 Å². The average Bonchev–Trinajstić information content (AvgIpc) is 2.26. The van der Waals surface area contributed by atoms with Gasteiger partial charge in [-0.2, -0.15) is 0 Å². The molecule has 0 aliphatic rings. The van der Waals surface area contributed by atoms with E-state index in [0.717, 1.165) is 5.69 Å². The molecule has 0 radical (unpaired) electrons.